The Labute approximate surface area is 197 Å². The van der Waals surface area contributed by atoms with E-state index in [-0.39, 0.29) is 0 Å². The van der Waals surface area contributed by atoms with E-state index in [1.54, 1.807) is 0 Å². The molecule has 6 nitrogen and oxygen atoms in total. The number of pyridine rings is 3. The van der Waals surface area contributed by atoms with Crippen molar-refractivity contribution in [1.82, 2.24) is 14.3 Å². The van der Waals surface area contributed by atoms with E-state index in [2.05, 4.69) is 92.0 Å². The summed E-state index contributed by atoms with van der Waals surface area (Å²) in [6.07, 6.45) is 8.21. The van der Waals surface area contributed by atoms with Crippen LogP contribution in [0.4, 0.5) is 11.4 Å². The summed E-state index contributed by atoms with van der Waals surface area (Å²) in [7, 11) is 0. The van der Waals surface area contributed by atoms with Crippen molar-refractivity contribution in [3.63, 3.8) is 0 Å². The normalized spacial score (nSPS) is 18.8. The van der Waals surface area contributed by atoms with Crippen molar-refractivity contribution in [1.29, 1.82) is 0 Å². The van der Waals surface area contributed by atoms with Crippen molar-refractivity contribution < 1.29 is 14.1 Å². The third kappa shape index (κ3) is 1.44. The van der Waals surface area contributed by atoms with Gasteiger partial charge in [0.2, 0.25) is 23.4 Å². The lowest BCUT2D eigenvalue weighted by Crippen LogP contribution is -2.84. The van der Waals surface area contributed by atoms with Crippen molar-refractivity contribution in [2.75, 3.05) is 0 Å². The molecule has 0 fully saturated rings. The summed E-state index contributed by atoms with van der Waals surface area (Å²) in [5, 5.41) is 2.54. The maximum absolute atomic E-state index is 6.59. The van der Waals surface area contributed by atoms with E-state index in [0.29, 0.717) is 4.70 Å². The molecular weight excluding hydrogens is 442 g/mol. The van der Waals surface area contributed by atoms with Crippen molar-refractivity contribution >= 4 is 45.1 Å². The van der Waals surface area contributed by atoms with Gasteiger partial charge in [0, 0.05) is 33.1 Å². The summed E-state index contributed by atoms with van der Waals surface area (Å²) in [5.41, 5.74) is 8.14. The van der Waals surface area contributed by atoms with Gasteiger partial charge in [-0.05, 0) is 42.5 Å². The molecule has 0 saturated carbocycles. The minimum absolute atomic E-state index is 0.394. The summed E-state index contributed by atoms with van der Waals surface area (Å²) >= 11 is 1.85. The molecule has 6 aromatic rings. The fourth-order valence-electron chi connectivity index (χ4n) is 6.56. The number of nitrogens with zero attached hydrogens (tertiary/aromatic N) is 5. The molecular formula is C27H14N5OS+3. The molecule has 1 spiro atoms. The zero-order valence-electron chi connectivity index (χ0n) is 17.6. The maximum atomic E-state index is 6.59. The topological polar surface area (TPSA) is 34.8 Å². The van der Waals surface area contributed by atoms with Gasteiger partial charge in [-0.25, -0.2) is 0 Å². The Morgan fingerprint density at radius 3 is 2.74 bits per heavy atom. The Bertz CT molecular complexity index is 1990. The summed E-state index contributed by atoms with van der Waals surface area (Å²) in [4.78, 5) is 7.10. The van der Waals surface area contributed by atoms with Crippen LogP contribution in [0.2, 0.25) is 0 Å². The number of para-hydroxylation sites is 1. The van der Waals surface area contributed by atoms with E-state index >= 15 is 0 Å². The molecule has 4 aliphatic heterocycles. The molecule has 0 radical (unpaired) electrons. The number of hydrogen-bond donors (Lipinski definition) is 0. The second kappa shape index (κ2) is 4.99. The summed E-state index contributed by atoms with van der Waals surface area (Å²) < 4.78 is 14.2. The van der Waals surface area contributed by atoms with Crippen LogP contribution in [0.25, 0.3) is 38.9 Å². The van der Waals surface area contributed by atoms with Gasteiger partial charge in [0.1, 0.15) is 10.3 Å². The van der Waals surface area contributed by atoms with E-state index in [4.69, 9.17) is 4.74 Å². The fraction of sp³-hybridized carbons (Fsp3) is 0. The van der Waals surface area contributed by atoms with Crippen LogP contribution in [0.1, 0.15) is 0 Å². The highest BCUT2D eigenvalue weighted by molar-refractivity contribution is 7.99. The number of benzene rings is 2. The van der Waals surface area contributed by atoms with Gasteiger partial charge in [-0.2, -0.15) is 4.57 Å². The number of aromatic nitrogens is 4. The Morgan fingerprint density at radius 2 is 1.74 bits per heavy atom. The number of rotatable bonds is 0. The average Bonchev–Trinajstić information content (AvgIpc) is 3.38. The first-order valence-electron chi connectivity index (χ1n) is 11.3. The predicted molar refractivity (Wildman–Crippen MR) is 127 cm³/mol. The highest BCUT2D eigenvalue weighted by Gasteiger charge is 2.70. The third-order valence-electron chi connectivity index (χ3n) is 7.66. The lowest BCUT2D eigenvalue weighted by atomic mass is 10.1. The molecule has 2 aromatic carbocycles. The van der Waals surface area contributed by atoms with Crippen LogP contribution in [0, 0.1) is 0 Å². The van der Waals surface area contributed by atoms with Crippen molar-refractivity contribution in [2.45, 2.75) is 9.79 Å². The van der Waals surface area contributed by atoms with E-state index in [0.717, 1.165) is 34.1 Å². The van der Waals surface area contributed by atoms with Gasteiger partial charge in [-0.1, -0.05) is 17.8 Å². The molecule has 0 saturated heterocycles. The first kappa shape index (κ1) is 16.4. The smallest absolute Gasteiger partial charge is 0.352 e. The summed E-state index contributed by atoms with van der Waals surface area (Å²) in [6.45, 7) is 0. The van der Waals surface area contributed by atoms with Crippen molar-refractivity contribution in [3.8, 4) is 28.4 Å². The van der Waals surface area contributed by atoms with Gasteiger partial charge in [-0.15, -0.1) is 0 Å². The molecule has 4 aromatic heterocycles. The first-order valence-corrected chi connectivity index (χ1v) is 12.1. The number of ether oxygens (including phenoxy) is 1. The van der Waals surface area contributed by atoms with Crippen LogP contribution in [0.5, 0.6) is 11.5 Å². The molecule has 0 bridgehead atoms. The number of quaternary nitrogens is 1. The Hall–Kier alpha value is -4.20. The molecule has 0 N–H and O–H groups in total. The lowest BCUT2D eigenvalue weighted by Gasteiger charge is -2.33. The van der Waals surface area contributed by atoms with E-state index in [1.165, 1.54) is 37.4 Å². The van der Waals surface area contributed by atoms with Crippen molar-refractivity contribution in [2.24, 2.45) is 0 Å². The summed E-state index contributed by atoms with van der Waals surface area (Å²) in [6, 6.07) is 21.8. The predicted octanol–water partition coefficient (Wildman–Crippen LogP) is 5.18. The largest absolute Gasteiger partial charge is 0.442 e. The van der Waals surface area contributed by atoms with Gasteiger partial charge in [0.15, 0.2) is 11.7 Å². The van der Waals surface area contributed by atoms with E-state index < -0.39 is 0 Å². The molecule has 34 heavy (non-hydrogen) atoms. The molecule has 10 rings (SSSR count). The molecule has 8 heterocycles. The second-order valence-electron chi connectivity index (χ2n) is 9.11. The molecule has 1 atom stereocenters. The fourth-order valence-corrected chi connectivity index (χ4v) is 7.66. The lowest BCUT2D eigenvalue weighted by molar-refractivity contribution is -1.02. The minimum Gasteiger partial charge on any atom is -0.442 e. The molecule has 0 amide bonds. The van der Waals surface area contributed by atoms with Crippen LogP contribution in [0.15, 0.2) is 95.2 Å². The van der Waals surface area contributed by atoms with Gasteiger partial charge in [0.25, 0.3) is 5.69 Å². The van der Waals surface area contributed by atoms with Crippen LogP contribution < -0.4 is 18.8 Å². The van der Waals surface area contributed by atoms with Gasteiger partial charge < -0.3 is 4.74 Å². The van der Waals surface area contributed by atoms with Gasteiger partial charge in [0.05, 0.1) is 21.4 Å². The SMILES string of the molecule is c1cc[n+]2c(c1)-c1cncc3c1[N+]21c2c(ccc4c2-n2c5c(cccc5c5ccc[n+]1c52)S4)O3. The third-order valence-corrected chi connectivity index (χ3v) is 8.76. The second-order valence-corrected chi connectivity index (χ2v) is 10.2. The molecule has 1 unspecified atom stereocenters. The van der Waals surface area contributed by atoms with Crippen LogP contribution in [-0.2, 0) is 0 Å². The molecule has 156 valence electrons. The Kier molecular flexibility index (Phi) is 2.41. The maximum Gasteiger partial charge on any atom is 0.352 e. The number of hydrogen-bond acceptors (Lipinski definition) is 3. The number of fused-ring (bicyclic) bond motifs is 3. The van der Waals surface area contributed by atoms with Gasteiger partial charge >= 0.3 is 17.0 Å². The van der Waals surface area contributed by atoms with Crippen molar-refractivity contribution in [3.05, 3.63) is 85.5 Å². The average molecular weight is 457 g/mol. The van der Waals surface area contributed by atoms with E-state index in [1.807, 2.05) is 24.2 Å². The first-order chi connectivity index (χ1) is 16.9. The van der Waals surface area contributed by atoms with Crippen LogP contribution >= 0.6 is 11.8 Å². The highest BCUT2D eigenvalue weighted by atomic mass is 32.2. The quantitative estimate of drug-likeness (QED) is 0.233. The molecule has 0 aliphatic carbocycles. The monoisotopic (exact) mass is 456 g/mol. The molecule has 4 aliphatic rings. The highest BCUT2D eigenvalue weighted by Crippen LogP contribution is 2.62. The van der Waals surface area contributed by atoms with Gasteiger partial charge in [-0.3, -0.25) is 4.98 Å². The minimum atomic E-state index is 0.394. The Balaban J connectivity index is 1.59. The zero-order chi connectivity index (χ0) is 21.8. The van der Waals surface area contributed by atoms with Crippen LogP contribution in [-0.4, -0.2) is 9.55 Å². The zero-order valence-corrected chi connectivity index (χ0v) is 18.5. The van der Waals surface area contributed by atoms with E-state index in [9.17, 15) is 0 Å². The Morgan fingerprint density at radius 1 is 0.794 bits per heavy atom. The standard InChI is InChI=1S/C27H14N5OS/c1-2-11-29-18(7-1)17-13-28-14-20-25(17)32(29)26-19(33-20)9-10-22-24(26)31-23-15(5-3-8-21(23)34-22)16-6-4-12-30(32)27(16)31/h1-14H/q+3. The van der Waals surface area contributed by atoms with Crippen LogP contribution in [0.3, 0.4) is 0 Å². The molecule has 7 heteroatoms. The summed E-state index contributed by atoms with van der Waals surface area (Å²) in [5.74, 6) is 1.67.